The molecule has 0 unspecified atom stereocenters. The van der Waals surface area contributed by atoms with Crippen LogP contribution in [0.1, 0.15) is 21.7 Å². The van der Waals surface area contributed by atoms with Crippen molar-refractivity contribution in [2.24, 2.45) is 0 Å². The summed E-state index contributed by atoms with van der Waals surface area (Å²) in [5.74, 6) is 1.08. The topological polar surface area (TPSA) is 81.4 Å². The summed E-state index contributed by atoms with van der Waals surface area (Å²) in [6.07, 6.45) is 0. The van der Waals surface area contributed by atoms with Gasteiger partial charge in [0.15, 0.2) is 5.82 Å². The Morgan fingerprint density at radius 3 is 2.61 bits per heavy atom. The van der Waals surface area contributed by atoms with Gasteiger partial charge >= 0.3 is 0 Å². The quantitative estimate of drug-likeness (QED) is 0.487. The highest BCUT2D eigenvalue weighted by Crippen LogP contribution is 2.29. The van der Waals surface area contributed by atoms with Crippen LogP contribution in [0.25, 0.3) is 15.5 Å². The van der Waals surface area contributed by atoms with E-state index in [2.05, 4.69) is 36.5 Å². The summed E-state index contributed by atoms with van der Waals surface area (Å²) < 4.78 is 7.94. The molecule has 0 aliphatic rings. The van der Waals surface area contributed by atoms with Gasteiger partial charge in [-0.2, -0.15) is 9.61 Å². The fraction of sp³-hybridized carbons (Fsp3) is 0.158. The van der Waals surface area contributed by atoms with E-state index in [4.69, 9.17) is 4.74 Å². The number of hydrogen-bond acceptors (Lipinski definition) is 6. The van der Waals surface area contributed by atoms with Crippen molar-refractivity contribution in [2.45, 2.75) is 13.8 Å². The summed E-state index contributed by atoms with van der Waals surface area (Å²) in [5, 5.41) is 16.4. The van der Waals surface area contributed by atoms with Crippen molar-refractivity contribution >= 4 is 43.8 Å². The SMILES string of the molecule is COc1c(C)cc(Br)cc1C(=O)Nc1ccc(-c2nn3c(C)nnc3s2)cc1. The van der Waals surface area contributed by atoms with Crippen molar-refractivity contribution in [3.05, 3.63) is 57.8 Å². The van der Waals surface area contributed by atoms with Crippen LogP contribution in [0.2, 0.25) is 0 Å². The van der Waals surface area contributed by atoms with Crippen LogP contribution < -0.4 is 10.1 Å². The molecule has 28 heavy (non-hydrogen) atoms. The van der Waals surface area contributed by atoms with Crippen LogP contribution in [-0.4, -0.2) is 32.8 Å². The average molecular weight is 458 g/mol. The van der Waals surface area contributed by atoms with Crippen LogP contribution in [0.3, 0.4) is 0 Å². The van der Waals surface area contributed by atoms with Crippen molar-refractivity contribution in [3.8, 4) is 16.3 Å². The van der Waals surface area contributed by atoms with Crippen LogP contribution in [0.5, 0.6) is 5.75 Å². The molecule has 0 spiro atoms. The van der Waals surface area contributed by atoms with E-state index in [1.54, 1.807) is 17.7 Å². The van der Waals surface area contributed by atoms with Gasteiger partial charge in [-0.05, 0) is 55.8 Å². The summed E-state index contributed by atoms with van der Waals surface area (Å²) in [6, 6.07) is 11.2. The molecule has 4 aromatic rings. The lowest BCUT2D eigenvalue weighted by atomic mass is 10.1. The van der Waals surface area contributed by atoms with Gasteiger partial charge in [-0.15, -0.1) is 10.2 Å². The zero-order valence-corrected chi connectivity index (χ0v) is 17.8. The van der Waals surface area contributed by atoms with Crippen LogP contribution >= 0.6 is 27.3 Å². The molecule has 2 aromatic carbocycles. The molecule has 1 amide bonds. The van der Waals surface area contributed by atoms with Gasteiger partial charge in [0.25, 0.3) is 5.91 Å². The lowest BCUT2D eigenvalue weighted by Crippen LogP contribution is -2.13. The highest BCUT2D eigenvalue weighted by atomic mass is 79.9. The zero-order chi connectivity index (χ0) is 19.8. The first kappa shape index (κ1) is 18.6. The number of amides is 1. The maximum atomic E-state index is 12.7. The predicted octanol–water partition coefficient (Wildman–Crippen LogP) is 4.49. The van der Waals surface area contributed by atoms with E-state index in [0.717, 1.165) is 31.4 Å². The van der Waals surface area contributed by atoms with Gasteiger partial charge in [0.1, 0.15) is 10.8 Å². The minimum Gasteiger partial charge on any atom is -0.496 e. The zero-order valence-electron chi connectivity index (χ0n) is 15.4. The molecule has 0 bridgehead atoms. The number of benzene rings is 2. The Labute approximate surface area is 173 Å². The molecule has 4 rings (SSSR count). The third-order valence-electron chi connectivity index (χ3n) is 4.22. The summed E-state index contributed by atoms with van der Waals surface area (Å²) in [7, 11) is 1.56. The first-order valence-electron chi connectivity index (χ1n) is 8.41. The second-order valence-electron chi connectivity index (χ2n) is 6.18. The Morgan fingerprint density at radius 2 is 1.93 bits per heavy atom. The Balaban J connectivity index is 1.57. The summed E-state index contributed by atoms with van der Waals surface area (Å²) in [4.78, 5) is 13.5. The van der Waals surface area contributed by atoms with E-state index in [1.165, 1.54) is 11.3 Å². The first-order chi connectivity index (χ1) is 13.5. The van der Waals surface area contributed by atoms with Crippen molar-refractivity contribution < 1.29 is 9.53 Å². The number of aryl methyl sites for hydroxylation is 2. The molecule has 0 atom stereocenters. The molecule has 0 aliphatic heterocycles. The minimum absolute atomic E-state index is 0.233. The van der Waals surface area contributed by atoms with Gasteiger partial charge in [0, 0.05) is 15.7 Å². The molecule has 7 nitrogen and oxygen atoms in total. The van der Waals surface area contributed by atoms with E-state index in [1.807, 2.05) is 44.2 Å². The van der Waals surface area contributed by atoms with Crippen LogP contribution in [0.4, 0.5) is 5.69 Å². The fourth-order valence-corrected chi connectivity index (χ4v) is 4.36. The number of halogens is 1. The largest absolute Gasteiger partial charge is 0.496 e. The molecule has 0 saturated heterocycles. The molecule has 2 heterocycles. The molecular formula is C19H16BrN5O2S. The number of fused-ring (bicyclic) bond motifs is 1. The van der Waals surface area contributed by atoms with E-state index in [-0.39, 0.29) is 5.91 Å². The average Bonchev–Trinajstić information content (AvgIpc) is 3.24. The number of anilines is 1. The third-order valence-corrected chi connectivity index (χ3v) is 5.63. The highest BCUT2D eigenvalue weighted by molar-refractivity contribution is 9.10. The number of carbonyl (C=O) groups is 1. The summed E-state index contributed by atoms with van der Waals surface area (Å²) in [6.45, 7) is 3.76. The van der Waals surface area contributed by atoms with Crippen molar-refractivity contribution in [3.63, 3.8) is 0 Å². The number of hydrogen-bond donors (Lipinski definition) is 1. The first-order valence-corrected chi connectivity index (χ1v) is 10.0. The second kappa shape index (κ2) is 7.33. The Hall–Kier alpha value is -2.78. The summed E-state index contributed by atoms with van der Waals surface area (Å²) >= 11 is 4.89. The summed E-state index contributed by atoms with van der Waals surface area (Å²) in [5.41, 5.74) is 3.00. The van der Waals surface area contributed by atoms with E-state index >= 15 is 0 Å². The van der Waals surface area contributed by atoms with Gasteiger partial charge in [0.2, 0.25) is 4.96 Å². The van der Waals surface area contributed by atoms with E-state index in [0.29, 0.717) is 17.0 Å². The van der Waals surface area contributed by atoms with Gasteiger partial charge in [-0.1, -0.05) is 27.3 Å². The smallest absolute Gasteiger partial charge is 0.259 e. The fourth-order valence-electron chi connectivity index (χ4n) is 2.90. The Morgan fingerprint density at radius 1 is 1.18 bits per heavy atom. The van der Waals surface area contributed by atoms with Gasteiger partial charge in [-0.3, -0.25) is 4.79 Å². The molecule has 0 saturated carbocycles. The Kier molecular flexibility index (Phi) is 4.86. The Bertz CT molecular complexity index is 1180. The molecule has 0 aliphatic carbocycles. The molecule has 2 aromatic heterocycles. The molecule has 0 radical (unpaired) electrons. The number of nitrogens with one attached hydrogen (secondary N) is 1. The molecule has 1 N–H and O–H groups in total. The van der Waals surface area contributed by atoms with Crippen LogP contribution in [-0.2, 0) is 0 Å². The maximum Gasteiger partial charge on any atom is 0.259 e. The number of aromatic nitrogens is 4. The van der Waals surface area contributed by atoms with Crippen LogP contribution in [0, 0.1) is 13.8 Å². The lowest BCUT2D eigenvalue weighted by Gasteiger charge is -2.12. The standard InChI is InChI=1S/C19H16BrN5O2S/c1-10-8-13(20)9-15(16(10)27-3)17(26)21-14-6-4-12(5-7-14)18-24-25-11(2)22-23-19(25)28-18/h4-9H,1-3H3,(H,21,26). The minimum atomic E-state index is -0.233. The maximum absolute atomic E-state index is 12.7. The van der Waals surface area contributed by atoms with Gasteiger partial charge < -0.3 is 10.1 Å². The lowest BCUT2D eigenvalue weighted by molar-refractivity contribution is 0.102. The van der Waals surface area contributed by atoms with Crippen LogP contribution in [0.15, 0.2) is 40.9 Å². The molecule has 9 heteroatoms. The van der Waals surface area contributed by atoms with E-state index in [9.17, 15) is 4.79 Å². The highest BCUT2D eigenvalue weighted by Gasteiger charge is 2.16. The molecule has 142 valence electrons. The number of methoxy groups -OCH3 is 1. The number of rotatable bonds is 4. The molecular weight excluding hydrogens is 442 g/mol. The van der Waals surface area contributed by atoms with Crippen molar-refractivity contribution in [1.82, 2.24) is 19.8 Å². The number of carbonyl (C=O) groups excluding carboxylic acids is 1. The number of nitrogens with zero attached hydrogens (tertiary/aromatic N) is 4. The predicted molar refractivity (Wildman–Crippen MR) is 112 cm³/mol. The monoisotopic (exact) mass is 457 g/mol. The number of ether oxygens (including phenoxy) is 1. The second-order valence-corrected chi connectivity index (χ2v) is 8.06. The van der Waals surface area contributed by atoms with Crippen molar-refractivity contribution in [2.75, 3.05) is 12.4 Å². The van der Waals surface area contributed by atoms with Crippen molar-refractivity contribution in [1.29, 1.82) is 0 Å². The van der Waals surface area contributed by atoms with Gasteiger partial charge in [0.05, 0.1) is 12.7 Å². The third kappa shape index (κ3) is 3.38. The normalized spacial score (nSPS) is 11.0. The van der Waals surface area contributed by atoms with Gasteiger partial charge in [-0.25, -0.2) is 0 Å². The molecule has 0 fully saturated rings. The van der Waals surface area contributed by atoms with E-state index < -0.39 is 0 Å².